The monoisotopic (exact) mass is 340 g/mol. The van der Waals surface area contributed by atoms with Gasteiger partial charge in [-0.1, -0.05) is 11.2 Å². The van der Waals surface area contributed by atoms with Crippen molar-refractivity contribution in [3.8, 4) is 11.5 Å². The number of nitrogens with one attached hydrogen (secondary N) is 1. The van der Waals surface area contributed by atoms with Crippen LogP contribution in [0.1, 0.15) is 5.82 Å². The van der Waals surface area contributed by atoms with Crippen LogP contribution in [0.3, 0.4) is 0 Å². The van der Waals surface area contributed by atoms with Gasteiger partial charge in [-0.2, -0.15) is 4.98 Å². The summed E-state index contributed by atoms with van der Waals surface area (Å²) >= 11 is 3.20. The summed E-state index contributed by atoms with van der Waals surface area (Å²) in [4.78, 5) is 6.60. The minimum absolute atomic E-state index is 0.335. The van der Waals surface area contributed by atoms with Gasteiger partial charge in [0.15, 0.2) is 5.82 Å². The zero-order chi connectivity index (χ0) is 13.9. The normalized spacial score (nSPS) is 16.5. The Morgan fingerprint density at radius 2 is 2.15 bits per heavy atom. The molecule has 0 aliphatic carbocycles. The van der Waals surface area contributed by atoms with Crippen molar-refractivity contribution in [3.05, 3.63) is 34.3 Å². The summed E-state index contributed by atoms with van der Waals surface area (Å²) < 4.78 is 19.1. The molecule has 0 radical (unpaired) electrons. The van der Waals surface area contributed by atoms with E-state index in [0.29, 0.717) is 28.3 Å². The van der Waals surface area contributed by atoms with Crippen molar-refractivity contribution in [1.29, 1.82) is 0 Å². The fourth-order valence-corrected chi connectivity index (χ4v) is 2.60. The van der Waals surface area contributed by atoms with E-state index in [0.717, 1.165) is 26.2 Å². The second-order valence-electron chi connectivity index (χ2n) is 4.64. The van der Waals surface area contributed by atoms with E-state index in [1.165, 1.54) is 6.07 Å². The molecule has 1 fully saturated rings. The number of benzene rings is 1. The van der Waals surface area contributed by atoms with Crippen LogP contribution in [-0.2, 0) is 6.54 Å². The van der Waals surface area contributed by atoms with Gasteiger partial charge in [-0.25, -0.2) is 4.39 Å². The van der Waals surface area contributed by atoms with Gasteiger partial charge in [-0.15, -0.1) is 0 Å². The number of hydrogen-bond donors (Lipinski definition) is 1. The third kappa shape index (κ3) is 2.89. The van der Waals surface area contributed by atoms with Crippen molar-refractivity contribution in [2.75, 3.05) is 26.2 Å². The molecule has 0 bridgehead atoms. The van der Waals surface area contributed by atoms with Gasteiger partial charge < -0.3 is 9.84 Å². The molecular formula is C13H14BrFN4O. The first-order valence-electron chi connectivity index (χ1n) is 6.44. The van der Waals surface area contributed by atoms with Gasteiger partial charge in [0.1, 0.15) is 5.82 Å². The van der Waals surface area contributed by atoms with Crippen LogP contribution in [0.4, 0.5) is 4.39 Å². The SMILES string of the molecule is Fc1cccc(-c2nc(CN3CCNCC3)no2)c1Br. The predicted octanol–water partition coefficient (Wildman–Crippen LogP) is 2.04. The van der Waals surface area contributed by atoms with Crippen LogP contribution in [0.2, 0.25) is 0 Å². The van der Waals surface area contributed by atoms with Gasteiger partial charge in [-0.05, 0) is 28.1 Å². The lowest BCUT2D eigenvalue weighted by Crippen LogP contribution is -2.43. The van der Waals surface area contributed by atoms with E-state index < -0.39 is 0 Å². The van der Waals surface area contributed by atoms with Crippen molar-refractivity contribution in [2.24, 2.45) is 0 Å². The van der Waals surface area contributed by atoms with Crippen LogP contribution in [0, 0.1) is 5.82 Å². The number of rotatable bonds is 3. The topological polar surface area (TPSA) is 54.2 Å². The lowest BCUT2D eigenvalue weighted by atomic mass is 10.2. The molecule has 2 aromatic rings. The van der Waals surface area contributed by atoms with Crippen LogP contribution >= 0.6 is 15.9 Å². The first-order chi connectivity index (χ1) is 9.74. The van der Waals surface area contributed by atoms with Crippen LogP contribution in [0.15, 0.2) is 27.2 Å². The molecule has 1 saturated heterocycles. The van der Waals surface area contributed by atoms with Crippen molar-refractivity contribution in [2.45, 2.75) is 6.54 Å². The van der Waals surface area contributed by atoms with E-state index in [-0.39, 0.29) is 5.82 Å². The molecule has 1 aromatic carbocycles. The Morgan fingerprint density at radius 3 is 2.95 bits per heavy atom. The Bertz CT molecular complexity index is 598. The zero-order valence-corrected chi connectivity index (χ0v) is 12.4. The molecule has 106 valence electrons. The average molecular weight is 341 g/mol. The van der Waals surface area contributed by atoms with Gasteiger partial charge in [0.25, 0.3) is 5.89 Å². The van der Waals surface area contributed by atoms with Gasteiger partial charge in [0.05, 0.1) is 16.6 Å². The lowest BCUT2D eigenvalue weighted by molar-refractivity contribution is 0.225. The van der Waals surface area contributed by atoms with E-state index in [1.54, 1.807) is 12.1 Å². The summed E-state index contributed by atoms with van der Waals surface area (Å²) in [7, 11) is 0. The molecular weight excluding hydrogens is 327 g/mol. The molecule has 1 N–H and O–H groups in total. The molecule has 0 amide bonds. The Kier molecular flexibility index (Phi) is 4.09. The van der Waals surface area contributed by atoms with Crippen LogP contribution in [0.5, 0.6) is 0 Å². The molecule has 1 aliphatic rings. The molecule has 0 atom stereocenters. The van der Waals surface area contributed by atoms with E-state index in [4.69, 9.17) is 4.52 Å². The smallest absolute Gasteiger partial charge is 0.259 e. The largest absolute Gasteiger partial charge is 0.334 e. The van der Waals surface area contributed by atoms with E-state index in [1.807, 2.05) is 0 Å². The molecule has 5 nitrogen and oxygen atoms in total. The molecule has 0 unspecified atom stereocenters. The third-order valence-electron chi connectivity index (χ3n) is 3.22. The standard InChI is InChI=1S/C13H14BrFN4O/c14-12-9(2-1-3-10(12)15)13-17-11(18-20-13)8-19-6-4-16-5-7-19/h1-3,16H,4-8H2. The summed E-state index contributed by atoms with van der Waals surface area (Å²) in [6.45, 7) is 4.53. The second-order valence-corrected chi connectivity index (χ2v) is 5.44. The molecule has 2 heterocycles. The van der Waals surface area contributed by atoms with Crippen molar-refractivity contribution in [1.82, 2.24) is 20.4 Å². The Morgan fingerprint density at radius 1 is 1.35 bits per heavy atom. The minimum atomic E-state index is -0.343. The summed E-state index contributed by atoms with van der Waals surface area (Å²) in [5.74, 6) is 0.615. The maximum absolute atomic E-state index is 13.5. The molecule has 1 aliphatic heterocycles. The van der Waals surface area contributed by atoms with E-state index in [9.17, 15) is 4.39 Å². The summed E-state index contributed by atoms with van der Waals surface area (Å²) in [6, 6.07) is 4.75. The maximum Gasteiger partial charge on any atom is 0.259 e. The molecule has 0 spiro atoms. The first kappa shape index (κ1) is 13.7. The van der Waals surface area contributed by atoms with Crippen molar-refractivity contribution in [3.63, 3.8) is 0 Å². The highest BCUT2D eigenvalue weighted by molar-refractivity contribution is 9.10. The van der Waals surface area contributed by atoms with Gasteiger partial charge in [0.2, 0.25) is 0 Å². The number of halogens is 2. The molecule has 20 heavy (non-hydrogen) atoms. The summed E-state index contributed by atoms with van der Waals surface area (Å²) in [5, 5.41) is 7.26. The fraction of sp³-hybridized carbons (Fsp3) is 0.385. The van der Waals surface area contributed by atoms with E-state index >= 15 is 0 Å². The molecule has 1 aromatic heterocycles. The number of piperazine rings is 1. The van der Waals surface area contributed by atoms with Crippen LogP contribution < -0.4 is 5.32 Å². The summed E-state index contributed by atoms with van der Waals surface area (Å²) in [5.41, 5.74) is 0.573. The fourth-order valence-electron chi connectivity index (χ4n) is 2.17. The van der Waals surface area contributed by atoms with Crippen molar-refractivity contribution < 1.29 is 8.91 Å². The number of aromatic nitrogens is 2. The lowest BCUT2D eigenvalue weighted by Gasteiger charge is -2.25. The number of hydrogen-bond acceptors (Lipinski definition) is 5. The third-order valence-corrected chi connectivity index (χ3v) is 4.03. The quantitative estimate of drug-likeness (QED) is 0.926. The molecule has 7 heteroatoms. The highest BCUT2D eigenvalue weighted by atomic mass is 79.9. The summed E-state index contributed by atoms with van der Waals surface area (Å²) in [6.07, 6.45) is 0. The minimum Gasteiger partial charge on any atom is -0.334 e. The van der Waals surface area contributed by atoms with Gasteiger partial charge >= 0.3 is 0 Å². The Hall–Kier alpha value is -1.31. The highest BCUT2D eigenvalue weighted by Gasteiger charge is 2.17. The molecule has 3 rings (SSSR count). The maximum atomic E-state index is 13.5. The van der Waals surface area contributed by atoms with Crippen LogP contribution in [0.25, 0.3) is 11.5 Å². The number of nitrogens with zero attached hydrogens (tertiary/aromatic N) is 3. The van der Waals surface area contributed by atoms with Gasteiger partial charge in [0, 0.05) is 26.2 Å². The zero-order valence-electron chi connectivity index (χ0n) is 10.8. The highest BCUT2D eigenvalue weighted by Crippen LogP contribution is 2.29. The van der Waals surface area contributed by atoms with Crippen molar-refractivity contribution >= 4 is 15.9 Å². The predicted molar refractivity (Wildman–Crippen MR) is 75.5 cm³/mol. The van der Waals surface area contributed by atoms with Crippen LogP contribution in [-0.4, -0.2) is 41.2 Å². The van der Waals surface area contributed by atoms with E-state index in [2.05, 4.69) is 36.3 Å². The molecule has 0 saturated carbocycles. The Labute approximate surface area is 124 Å². The van der Waals surface area contributed by atoms with Gasteiger partial charge in [-0.3, -0.25) is 4.90 Å². The Balaban J connectivity index is 1.77. The second kappa shape index (κ2) is 5.99. The average Bonchev–Trinajstić information content (AvgIpc) is 2.91. The first-order valence-corrected chi connectivity index (χ1v) is 7.23.